The summed E-state index contributed by atoms with van der Waals surface area (Å²) in [5.41, 5.74) is 2.82. The largest absolute Gasteiger partial charge is 0.458 e. The molecule has 0 aromatic carbocycles. The van der Waals surface area contributed by atoms with Crippen LogP contribution in [0.25, 0.3) is 0 Å². The van der Waals surface area contributed by atoms with Crippen LogP contribution in [0.2, 0.25) is 0 Å². The van der Waals surface area contributed by atoms with Gasteiger partial charge >= 0.3 is 5.97 Å². The van der Waals surface area contributed by atoms with Crippen molar-refractivity contribution >= 4 is 5.97 Å². The van der Waals surface area contributed by atoms with E-state index < -0.39 is 0 Å². The molecular formula is C19H29NO2. The Bertz CT molecular complexity index is 474. The molecule has 3 nitrogen and oxygen atoms in total. The number of carbonyl (C=O) groups is 1. The number of likely N-dealkylation sites (tertiary alicyclic amines) is 1. The van der Waals surface area contributed by atoms with Crippen LogP contribution in [0.1, 0.15) is 52.4 Å². The maximum absolute atomic E-state index is 12.4. The van der Waals surface area contributed by atoms with Gasteiger partial charge in [-0.2, -0.15) is 0 Å². The van der Waals surface area contributed by atoms with Gasteiger partial charge in [0.05, 0.1) is 5.92 Å². The molecule has 3 heteroatoms. The second-order valence-electron chi connectivity index (χ2n) is 7.32. The van der Waals surface area contributed by atoms with E-state index in [2.05, 4.69) is 30.9 Å². The van der Waals surface area contributed by atoms with Crippen molar-refractivity contribution in [1.82, 2.24) is 4.90 Å². The zero-order valence-corrected chi connectivity index (χ0v) is 14.0. The van der Waals surface area contributed by atoms with Gasteiger partial charge in [-0.1, -0.05) is 17.2 Å². The van der Waals surface area contributed by atoms with Crippen LogP contribution in [0.5, 0.6) is 0 Å². The molecular weight excluding hydrogens is 274 g/mol. The summed E-state index contributed by atoms with van der Waals surface area (Å²) in [6.07, 6.45) is 11.5. The Morgan fingerprint density at radius 1 is 1.18 bits per heavy atom. The molecule has 3 atom stereocenters. The first-order chi connectivity index (χ1) is 10.6. The third-order valence-corrected chi connectivity index (χ3v) is 5.50. The van der Waals surface area contributed by atoms with Crippen LogP contribution in [0.4, 0.5) is 0 Å². The Kier molecular flexibility index (Phi) is 5.02. The van der Waals surface area contributed by atoms with Crippen LogP contribution in [0, 0.1) is 11.8 Å². The number of carbonyl (C=O) groups excluding carboxylic acids is 1. The molecule has 0 N–H and O–H groups in total. The summed E-state index contributed by atoms with van der Waals surface area (Å²) in [6.45, 7) is 7.59. The lowest BCUT2D eigenvalue weighted by molar-refractivity contribution is -0.143. The molecule has 0 spiro atoms. The average Bonchev–Trinajstić information content (AvgIpc) is 3.07. The van der Waals surface area contributed by atoms with Gasteiger partial charge in [0.25, 0.3) is 0 Å². The van der Waals surface area contributed by atoms with Gasteiger partial charge in [-0.25, -0.2) is 0 Å². The first-order valence-corrected chi connectivity index (χ1v) is 8.89. The smallest absolute Gasteiger partial charge is 0.311 e. The van der Waals surface area contributed by atoms with Crippen molar-refractivity contribution < 1.29 is 9.53 Å². The molecule has 122 valence electrons. The lowest BCUT2D eigenvalue weighted by Gasteiger charge is -2.24. The molecule has 3 rings (SSSR count). The second-order valence-corrected chi connectivity index (χ2v) is 7.32. The lowest BCUT2D eigenvalue weighted by atomic mass is 9.83. The van der Waals surface area contributed by atoms with E-state index in [9.17, 15) is 4.79 Å². The SMILES string of the molecule is C/C1=C\[C@H]2OC(=O)[C@@H](CN3CCCC3)[C@@H]2CC/C(C)=C/CC1. The molecule has 0 aromatic rings. The van der Waals surface area contributed by atoms with E-state index in [1.54, 1.807) is 0 Å². The van der Waals surface area contributed by atoms with Crippen LogP contribution in [-0.4, -0.2) is 36.6 Å². The van der Waals surface area contributed by atoms with Gasteiger partial charge < -0.3 is 9.64 Å². The van der Waals surface area contributed by atoms with Crippen LogP contribution < -0.4 is 0 Å². The molecule has 0 unspecified atom stereocenters. The predicted octanol–water partition coefficient (Wildman–Crippen LogP) is 3.71. The molecule has 2 aliphatic heterocycles. The number of nitrogens with zero attached hydrogens (tertiary/aromatic N) is 1. The second kappa shape index (κ2) is 6.99. The van der Waals surface area contributed by atoms with Crippen molar-refractivity contribution in [2.75, 3.05) is 19.6 Å². The third-order valence-electron chi connectivity index (χ3n) is 5.50. The normalized spacial score (nSPS) is 38.6. The Balaban J connectivity index is 1.76. The molecule has 1 aliphatic carbocycles. The Morgan fingerprint density at radius 2 is 1.95 bits per heavy atom. The van der Waals surface area contributed by atoms with Crippen molar-refractivity contribution in [2.45, 2.75) is 58.5 Å². The number of rotatable bonds is 2. The highest BCUT2D eigenvalue weighted by atomic mass is 16.6. The zero-order chi connectivity index (χ0) is 15.5. The molecule has 0 aromatic heterocycles. The minimum atomic E-state index is 0.00556. The van der Waals surface area contributed by atoms with Crippen molar-refractivity contribution in [3.8, 4) is 0 Å². The van der Waals surface area contributed by atoms with Crippen LogP contribution >= 0.6 is 0 Å². The fourth-order valence-electron chi connectivity index (χ4n) is 4.10. The number of allylic oxidation sites excluding steroid dienone is 3. The topological polar surface area (TPSA) is 29.5 Å². The molecule has 0 saturated carbocycles. The summed E-state index contributed by atoms with van der Waals surface area (Å²) < 4.78 is 5.76. The highest BCUT2D eigenvalue weighted by Crippen LogP contribution is 2.36. The van der Waals surface area contributed by atoms with E-state index in [1.165, 1.54) is 24.0 Å². The molecule has 0 radical (unpaired) electrons. The summed E-state index contributed by atoms with van der Waals surface area (Å²) in [7, 11) is 0. The maximum atomic E-state index is 12.4. The van der Waals surface area contributed by atoms with Crippen LogP contribution in [0.15, 0.2) is 23.3 Å². The minimum absolute atomic E-state index is 0.00556. The number of esters is 1. The number of fused-ring (bicyclic) bond motifs is 1. The van der Waals surface area contributed by atoms with Gasteiger partial charge in [-0.3, -0.25) is 4.79 Å². The van der Waals surface area contributed by atoms with E-state index in [1.807, 2.05) is 0 Å². The van der Waals surface area contributed by atoms with Crippen molar-refractivity contribution in [3.05, 3.63) is 23.3 Å². The number of hydrogen-bond acceptors (Lipinski definition) is 3. The fourth-order valence-corrected chi connectivity index (χ4v) is 4.10. The van der Waals surface area contributed by atoms with E-state index in [-0.39, 0.29) is 18.0 Å². The monoisotopic (exact) mass is 303 g/mol. The van der Waals surface area contributed by atoms with E-state index in [4.69, 9.17) is 4.74 Å². The van der Waals surface area contributed by atoms with Gasteiger partial charge in [0.2, 0.25) is 0 Å². The summed E-state index contributed by atoms with van der Waals surface area (Å²) in [5.74, 6) is 0.454. The molecule has 0 bridgehead atoms. The number of hydrogen-bond donors (Lipinski definition) is 0. The van der Waals surface area contributed by atoms with E-state index in [0.29, 0.717) is 5.92 Å². The zero-order valence-electron chi connectivity index (χ0n) is 14.0. The van der Waals surface area contributed by atoms with E-state index >= 15 is 0 Å². The van der Waals surface area contributed by atoms with E-state index in [0.717, 1.165) is 45.3 Å². The molecule has 2 fully saturated rings. The average molecular weight is 303 g/mol. The minimum Gasteiger partial charge on any atom is -0.458 e. The lowest BCUT2D eigenvalue weighted by Crippen LogP contribution is -2.33. The summed E-state index contributed by atoms with van der Waals surface area (Å²) in [4.78, 5) is 14.9. The first kappa shape index (κ1) is 15.8. The van der Waals surface area contributed by atoms with Gasteiger partial charge in [-0.05, 0) is 71.5 Å². The Morgan fingerprint density at radius 3 is 2.73 bits per heavy atom. The fraction of sp³-hybridized carbons (Fsp3) is 0.737. The van der Waals surface area contributed by atoms with Crippen molar-refractivity contribution in [3.63, 3.8) is 0 Å². The molecule has 2 heterocycles. The summed E-state index contributed by atoms with van der Waals surface area (Å²) in [5, 5.41) is 0. The Hall–Kier alpha value is -1.09. The van der Waals surface area contributed by atoms with Crippen LogP contribution in [-0.2, 0) is 9.53 Å². The molecule has 22 heavy (non-hydrogen) atoms. The maximum Gasteiger partial charge on any atom is 0.311 e. The highest BCUT2D eigenvalue weighted by molar-refractivity contribution is 5.76. The molecule has 3 aliphatic rings. The van der Waals surface area contributed by atoms with Gasteiger partial charge in [0, 0.05) is 12.5 Å². The standard InChI is InChI=1S/C19H29NO2/c1-14-6-5-7-15(2)12-18-16(9-8-14)17(19(21)22-18)13-20-10-3-4-11-20/h6,12,16-18H,3-5,7-11,13H2,1-2H3/b14-6+,15-12+/t16-,17-,18+/m0/s1. The highest BCUT2D eigenvalue weighted by Gasteiger charge is 2.44. The quantitative estimate of drug-likeness (QED) is 0.575. The summed E-state index contributed by atoms with van der Waals surface area (Å²) >= 11 is 0. The van der Waals surface area contributed by atoms with Gasteiger partial charge in [0.15, 0.2) is 0 Å². The summed E-state index contributed by atoms with van der Waals surface area (Å²) in [6, 6.07) is 0. The van der Waals surface area contributed by atoms with Crippen molar-refractivity contribution in [1.29, 1.82) is 0 Å². The predicted molar refractivity (Wildman–Crippen MR) is 88.5 cm³/mol. The van der Waals surface area contributed by atoms with Crippen molar-refractivity contribution in [2.24, 2.45) is 11.8 Å². The number of ether oxygens (including phenoxy) is 1. The Labute approximate surface area is 134 Å². The first-order valence-electron chi connectivity index (χ1n) is 8.89. The molecule has 0 amide bonds. The van der Waals surface area contributed by atoms with Gasteiger partial charge in [-0.15, -0.1) is 0 Å². The third kappa shape index (κ3) is 3.62. The molecule has 2 saturated heterocycles. The van der Waals surface area contributed by atoms with Crippen LogP contribution in [0.3, 0.4) is 0 Å². The van der Waals surface area contributed by atoms with Gasteiger partial charge in [0.1, 0.15) is 6.10 Å².